The summed E-state index contributed by atoms with van der Waals surface area (Å²) in [5.74, 6) is 2.15. The van der Waals surface area contributed by atoms with E-state index in [0.29, 0.717) is 12.0 Å². The van der Waals surface area contributed by atoms with Crippen LogP contribution in [0.1, 0.15) is 41.5 Å². The molecule has 2 bridgehead atoms. The highest BCUT2D eigenvalue weighted by molar-refractivity contribution is 6.05. The lowest BCUT2D eigenvalue weighted by atomic mass is 9.79. The molecule has 19 heavy (non-hydrogen) atoms. The number of nitrogens with zero attached hydrogens (tertiary/aromatic N) is 1. The fourth-order valence-electron chi connectivity index (χ4n) is 4.74. The van der Waals surface area contributed by atoms with Crippen molar-refractivity contribution in [3.05, 3.63) is 34.4 Å². The second-order valence-electron chi connectivity index (χ2n) is 6.68. The van der Waals surface area contributed by atoms with Crippen molar-refractivity contribution in [1.82, 2.24) is 0 Å². The lowest BCUT2D eigenvalue weighted by Gasteiger charge is -2.24. The van der Waals surface area contributed by atoms with Crippen molar-refractivity contribution in [2.45, 2.75) is 46.1 Å². The van der Waals surface area contributed by atoms with E-state index in [2.05, 4.69) is 38.1 Å². The van der Waals surface area contributed by atoms with Crippen LogP contribution in [0.15, 0.2) is 17.3 Å². The molecule has 2 heteroatoms. The second kappa shape index (κ2) is 3.84. The van der Waals surface area contributed by atoms with Gasteiger partial charge in [0.2, 0.25) is 0 Å². The third kappa shape index (κ3) is 1.52. The van der Waals surface area contributed by atoms with Crippen LogP contribution in [0.3, 0.4) is 0 Å². The van der Waals surface area contributed by atoms with Gasteiger partial charge in [-0.25, -0.2) is 0 Å². The molecule has 1 aliphatic heterocycles. The molecule has 100 valence electrons. The summed E-state index contributed by atoms with van der Waals surface area (Å²) in [4.78, 5) is 5.81. The van der Waals surface area contributed by atoms with Crippen LogP contribution in [0.25, 0.3) is 0 Å². The van der Waals surface area contributed by atoms with E-state index in [1.807, 2.05) is 0 Å². The van der Waals surface area contributed by atoms with E-state index in [-0.39, 0.29) is 0 Å². The molecule has 0 unspecified atom stereocenters. The Hall–Kier alpha value is -1.31. The fraction of sp³-hybridized carbons (Fsp3) is 0.588. The number of hydrogen-bond acceptors (Lipinski definition) is 2. The average Bonchev–Trinajstić information content (AvgIpc) is 2.98. The molecule has 0 saturated heterocycles. The summed E-state index contributed by atoms with van der Waals surface area (Å²) >= 11 is 0. The Balaban J connectivity index is 1.78. The number of hydrogen-bond donors (Lipinski definition) is 0. The van der Waals surface area contributed by atoms with Crippen molar-refractivity contribution < 1.29 is 4.84 Å². The van der Waals surface area contributed by atoms with Gasteiger partial charge in [-0.2, -0.15) is 0 Å². The Morgan fingerprint density at radius 3 is 2.47 bits per heavy atom. The Morgan fingerprint density at radius 1 is 1.05 bits per heavy atom. The molecule has 2 aliphatic carbocycles. The summed E-state index contributed by atoms with van der Waals surface area (Å²) in [5.41, 5.74) is 6.63. The molecular weight excluding hydrogens is 234 g/mol. The van der Waals surface area contributed by atoms with Crippen molar-refractivity contribution in [2.75, 3.05) is 0 Å². The van der Waals surface area contributed by atoms with Gasteiger partial charge in [0.05, 0.1) is 5.71 Å². The zero-order valence-corrected chi connectivity index (χ0v) is 11.9. The van der Waals surface area contributed by atoms with Gasteiger partial charge in [0.25, 0.3) is 0 Å². The molecule has 2 fully saturated rings. The van der Waals surface area contributed by atoms with E-state index in [0.717, 1.165) is 11.8 Å². The van der Waals surface area contributed by atoms with Gasteiger partial charge in [-0.05, 0) is 63.0 Å². The van der Waals surface area contributed by atoms with Gasteiger partial charge in [0.1, 0.15) is 6.10 Å². The van der Waals surface area contributed by atoms with E-state index >= 15 is 0 Å². The van der Waals surface area contributed by atoms with Gasteiger partial charge >= 0.3 is 0 Å². The minimum Gasteiger partial charge on any atom is -0.391 e. The molecule has 0 radical (unpaired) electrons. The predicted molar refractivity (Wildman–Crippen MR) is 76.4 cm³/mol. The molecule has 1 heterocycles. The van der Waals surface area contributed by atoms with Crippen molar-refractivity contribution in [2.24, 2.45) is 22.9 Å². The molecule has 1 aromatic carbocycles. The molecule has 0 N–H and O–H groups in total. The first-order valence-corrected chi connectivity index (χ1v) is 7.47. The van der Waals surface area contributed by atoms with Gasteiger partial charge in [-0.1, -0.05) is 22.9 Å². The zero-order chi connectivity index (χ0) is 13.1. The minimum atomic E-state index is 0.383. The van der Waals surface area contributed by atoms with Crippen LogP contribution in [0.2, 0.25) is 0 Å². The normalized spacial score (nSPS) is 35.2. The highest BCUT2D eigenvalue weighted by atomic mass is 16.6. The maximum Gasteiger partial charge on any atom is 0.139 e. The monoisotopic (exact) mass is 255 g/mol. The standard InChI is InChI=1S/C17H21NO/c1-9-6-10(2)14(11(3)7-9)16-15-12-4-5-13(8-12)17(15)19-18-16/h6-7,12-13,15,17H,4-5,8H2,1-3H3/t12-,13-,15+,17+/m1/s1. The fourth-order valence-corrected chi connectivity index (χ4v) is 4.74. The second-order valence-corrected chi connectivity index (χ2v) is 6.68. The number of fused-ring (bicyclic) bond motifs is 5. The van der Waals surface area contributed by atoms with Crippen LogP contribution in [0, 0.1) is 38.5 Å². The van der Waals surface area contributed by atoms with Crippen LogP contribution < -0.4 is 0 Å². The SMILES string of the molecule is Cc1cc(C)c(C2=NO[C@H]3[C@@H]4CC[C@H](C4)[C@@H]23)c(C)c1. The molecule has 4 rings (SSSR count). The summed E-state index contributed by atoms with van der Waals surface area (Å²) in [5, 5.41) is 4.50. The van der Waals surface area contributed by atoms with Gasteiger partial charge in [0, 0.05) is 11.5 Å². The van der Waals surface area contributed by atoms with E-state index in [1.54, 1.807) is 0 Å². The number of benzene rings is 1. The molecular formula is C17H21NO. The maximum absolute atomic E-state index is 5.81. The van der Waals surface area contributed by atoms with Gasteiger partial charge in [0.15, 0.2) is 0 Å². The molecule has 2 saturated carbocycles. The number of rotatable bonds is 1. The maximum atomic E-state index is 5.81. The molecule has 3 aliphatic rings. The summed E-state index contributed by atoms with van der Waals surface area (Å²) in [7, 11) is 0. The summed E-state index contributed by atoms with van der Waals surface area (Å²) < 4.78 is 0. The first-order valence-electron chi connectivity index (χ1n) is 7.47. The quantitative estimate of drug-likeness (QED) is 0.748. The largest absolute Gasteiger partial charge is 0.391 e. The van der Waals surface area contributed by atoms with Gasteiger partial charge < -0.3 is 4.84 Å². The van der Waals surface area contributed by atoms with E-state index in [4.69, 9.17) is 4.84 Å². The smallest absolute Gasteiger partial charge is 0.139 e. The Morgan fingerprint density at radius 2 is 1.74 bits per heavy atom. The minimum absolute atomic E-state index is 0.383. The van der Waals surface area contributed by atoms with Crippen molar-refractivity contribution in [3.8, 4) is 0 Å². The Bertz CT molecular complexity index is 552. The lowest BCUT2D eigenvalue weighted by Crippen LogP contribution is -2.30. The van der Waals surface area contributed by atoms with Crippen LogP contribution in [0.4, 0.5) is 0 Å². The highest BCUT2D eigenvalue weighted by Gasteiger charge is 2.54. The lowest BCUT2D eigenvalue weighted by molar-refractivity contribution is 0.0275. The molecule has 1 aromatic rings. The molecule has 4 atom stereocenters. The van der Waals surface area contributed by atoms with E-state index in [1.165, 1.54) is 47.2 Å². The van der Waals surface area contributed by atoms with Gasteiger partial charge in [-0.15, -0.1) is 0 Å². The highest BCUT2D eigenvalue weighted by Crippen LogP contribution is 2.53. The van der Waals surface area contributed by atoms with Crippen LogP contribution in [0.5, 0.6) is 0 Å². The zero-order valence-electron chi connectivity index (χ0n) is 11.9. The molecule has 0 spiro atoms. The van der Waals surface area contributed by atoms with Crippen LogP contribution in [-0.4, -0.2) is 11.8 Å². The Labute approximate surface area is 114 Å². The number of oxime groups is 1. The topological polar surface area (TPSA) is 21.6 Å². The average molecular weight is 255 g/mol. The summed E-state index contributed by atoms with van der Waals surface area (Å²) in [6.07, 6.45) is 4.46. The van der Waals surface area contributed by atoms with Crippen LogP contribution in [-0.2, 0) is 4.84 Å². The first kappa shape index (κ1) is 11.5. The third-order valence-corrected chi connectivity index (χ3v) is 5.36. The van der Waals surface area contributed by atoms with E-state index in [9.17, 15) is 0 Å². The van der Waals surface area contributed by atoms with Crippen molar-refractivity contribution >= 4 is 5.71 Å². The summed E-state index contributed by atoms with van der Waals surface area (Å²) in [6, 6.07) is 4.54. The van der Waals surface area contributed by atoms with E-state index < -0.39 is 0 Å². The molecule has 2 nitrogen and oxygen atoms in total. The van der Waals surface area contributed by atoms with Crippen molar-refractivity contribution in [3.63, 3.8) is 0 Å². The number of aryl methyl sites for hydroxylation is 3. The van der Waals surface area contributed by atoms with Gasteiger partial charge in [-0.3, -0.25) is 0 Å². The Kier molecular flexibility index (Phi) is 2.33. The molecule has 0 amide bonds. The van der Waals surface area contributed by atoms with Crippen LogP contribution >= 0.6 is 0 Å². The third-order valence-electron chi connectivity index (χ3n) is 5.36. The first-order chi connectivity index (χ1) is 9.15. The molecule has 0 aromatic heterocycles. The predicted octanol–water partition coefficient (Wildman–Crippen LogP) is 3.76. The van der Waals surface area contributed by atoms with Crippen molar-refractivity contribution in [1.29, 1.82) is 0 Å². The summed E-state index contributed by atoms with van der Waals surface area (Å²) in [6.45, 7) is 6.58.